The number of rotatable bonds is 23. The van der Waals surface area contributed by atoms with Crippen LogP contribution in [-0.2, 0) is 51.2 Å². The number of likely N-dealkylation sites (tertiary alicyclic amines) is 1. The summed E-state index contributed by atoms with van der Waals surface area (Å²) in [5.41, 5.74) is 23.9. The van der Waals surface area contributed by atoms with Gasteiger partial charge in [0.2, 0.25) is 41.4 Å². The summed E-state index contributed by atoms with van der Waals surface area (Å²) in [4.78, 5) is 112. The molecule has 3 aromatic rings. The Morgan fingerprint density at radius 1 is 0.843 bits per heavy atom. The van der Waals surface area contributed by atoms with E-state index in [0.717, 1.165) is 10.9 Å². The van der Waals surface area contributed by atoms with E-state index in [9.17, 15) is 56.9 Å². The lowest BCUT2D eigenvalue weighted by Crippen LogP contribution is -2.60. The fourth-order valence-electron chi connectivity index (χ4n) is 7.24. The number of carbonyl (C=O) groups excluding carboxylic acids is 7. The second-order valence-electron chi connectivity index (χ2n) is 16.7. The van der Waals surface area contributed by atoms with Crippen LogP contribution in [0.1, 0.15) is 57.1 Å². The fourth-order valence-corrected chi connectivity index (χ4v) is 7.24. The van der Waals surface area contributed by atoms with Crippen molar-refractivity contribution < 1.29 is 66.8 Å². The van der Waals surface area contributed by atoms with E-state index in [2.05, 4.69) is 36.6 Å². The van der Waals surface area contributed by atoms with Gasteiger partial charge in [0.1, 0.15) is 42.0 Å². The molecule has 17 N–H and O–H groups in total. The number of aromatic nitrogens is 1. The number of primary amides is 1. The van der Waals surface area contributed by atoms with Gasteiger partial charge in [-0.2, -0.15) is 13.2 Å². The Labute approximate surface area is 399 Å². The molecular weight excluding hydrogens is 930 g/mol. The number of carboxylic acid groups (broad SMARTS) is 1. The van der Waals surface area contributed by atoms with Crippen molar-refractivity contribution in [2.24, 2.45) is 33.8 Å². The van der Waals surface area contributed by atoms with Crippen LogP contribution in [0.15, 0.2) is 59.7 Å². The van der Waals surface area contributed by atoms with E-state index in [1.54, 1.807) is 18.3 Å². The van der Waals surface area contributed by atoms with Crippen molar-refractivity contribution >= 4 is 64.2 Å². The number of hydrogen-bond donors (Lipinski definition) is 13. The average molecular weight is 991 g/mol. The van der Waals surface area contributed by atoms with Gasteiger partial charge in [-0.05, 0) is 67.3 Å². The number of nitrogens with two attached hydrogens (primary N) is 4. The summed E-state index contributed by atoms with van der Waals surface area (Å²) in [5, 5.41) is 40.6. The number of carboxylic acids is 1. The van der Waals surface area contributed by atoms with Gasteiger partial charge in [0.25, 0.3) is 0 Å². The van der Waals surface area contributed by atoms with Crippen LogP contribution in [0, 0.1) is 5.92 Å². The molecule has 26 heteroatoms. The Bertz CT molecular complexity index is 2320. The monoisotopic (exact) mass is 990 g/mol. The molecule has 0 saturated carbocycles. The maximum Gasteiger partial charge on any atom is 0.490 e. The third-order valence-corrected chi connectivity index (χ3v) is 10.7. The maximum atomic E-state index is 14.5. The van der Waals surface area contributed by atoms with Crippen LogP contribution in [0.2, 0.25) is 0 Å². The number of aliphatic carboxylic acids is 1. The molecule has 2 heterocycles. The van der Waals surface area contributed by atoms with E-state index < -0.39 is 103 Å². The Morgan fingerprint density at radius 2 is 1.41 bits per heavy atom. The van der Waals surface area contributed by atoms with Crippen LogP contribution >= 0.6 is 0 Å². The van der Waals surface area contributed by atoms with Crippen LogP contribution < -0.4 is 49.5 Å². The molecule has 1 aromatic heterocycles. The minimum atomic E-state index is -5.08. The van der Waals surface area contributed by atoms with Crippen molar-refractivity contribution in [3.63, 3.8) is 0 Å². The minimum absolute atomic E-state index is 0.0205. The summed E-state index contributed by atoms with van der Waals surface area (Å²) in [6.45, 7) is 2.89. The van der Waals surface area contributed by atoms with Crippen LogP contribution in [0.3, 0.4) is 0 Å². The second-order valence-corrected chi connectivity index (χ2v) is 16.7. The highest BCUT2D eigenvalue weighted by molar-refractivity contribution is 5.98. The number of aliphatic hydroxyl groups excluding tert-OH is 1. The number of halogens is 3. The summed E-state index contributed by atoms with van der Waals surface area (Å²) < 4.78 is 31.7. The Balaban J connectivity index is 0.00000171. The molecule has 70 heavy (non-hydrogen) atoms. The van der Waals surface area contributed by atoms with Crippen LogP contribution in [-0.4, -0.2) is 147 Å². The Kier molecular flexibility index (Phi) is 21.8. The van der Waals surface area contributed by atoms with Gasteiger partial charge in [-0.25, -0.2) is 4.79 Å². The first-order chi connectivity index (χ1) is 32.9. The van der Waals surface area contributed by atoms with E-state index >= 15 is 0 Å². The number of para-hydroxylation sites is 1. The number of aromatic amines is 1. The maximum absolute atomic E-state index is 14.5. The first-order valence-corrected chi connectivity index (χ1v) is 22.0. The minimum Gasteiger partial charge on any atom is -0.508 e. The molecule has 384 valence electrons. The summed E-state index contributed by atoms with van der Waals surface area (Å²) >= 11 is 0. The highest BCUT2D eigenvalue weighted by Gasteiger charge is 2.40. The van der Waals surface area contributed by atoms with E-state index in [4.69, 9.17) is 32.8 Å². The number of aliphatic hydroxyl groups is 1. The molecule has 23 nitrogen and oxygen atoms in total. The van der Waals surface area contributed by atoms with Gasteiger partial charge in [0.05, 0.1) is 13.2 Å². The number of H-pyrrole nitrogens is 1. The molecule has 1 fully saturated rings. The predicted octanol–water partition coefficient (Wildman–Crippen LogP) is -1.76. The van der Waals surface area contributed by atoms with Crippen molar-refractivity contribution in [3.05, 3.63) is 65.9 Å². The number of nitrogens with zero attached hydrogens (tertiary/aromatic N) is 2. The molecule has 4 rings (SSSR count). The van der Waals surface area contributed by atoms with Crippen LogP contribution in [0.5, 0.6) is 5.75 Å². The van der Waals surface area contributed by atoms with Gasteiger partial charge < -0.3 is 74.7 Å². The number of alkyl halides is 3. The molecule has 7 amide bonds. The molecule has 0 bridgehead atoms. The third-order valence-electron chi connectivity index (χ3n) is 10.7. The molecular formula is C44H61F3N12O11. The Hall–Kier alpha value is -7.48. The first kappa shape index (κ1) is 56.8. The summed E-state index contributed by atoms with van der Waals surface area (Å²) in [6.07, 6.45) is -2.31. The molecule has 0 radical (unpaired) electrons. The summed E-state index contributed by atoms with van der Waals surface area (Å²) in [5.74, 6) is -8.05. The van der Waals surface area contributed by atoms with Crippen molar-refractivity contribution in [3.8, 4) is 5.75 Å². The second kappa shape index (κ2) is 26.9. The van der Waals surface area contributed by atoms with Crippen LogP contribution in [0.25, 0.3) is 10.9 Å². The van der Waals surface area contributed by atoms with Gasteiger partial charge >= 0.3 is 12.1 Å². The van der Waals surface area contributed by atoms with Crippen molar-refractivity contribution in [1.29, 1.82) is 0 Å². The van der Waals surface area contributed by atoms with Crippen LogP contribution in [0.4, 0.5) is 13.2 Å². The van der Waals surface area contributed by atoms with Gasteiger partial charge in [-0.3, -0.25) is 38.6 Å². The van der Waals surface area contributed by atoms with Gasteiger partial charge in [-0.1, -0.05) is 44.2 Å². The lowest BCUT2D eigenvalue weighted by molar-refractivity contribution is -0.192. The molecule has 2 aromatic carbocycles. The molecule has 6 atom stereocenters. The number of phenols is 1. The van der Waals surface area contributed by atoms with E-state index in [0.29, 0.717) is 24.0 Å². The highest BCUT2D eigenvalue weighted by Crippen LogP contribution is 2.22. The van der Waals surface area contributed by atoms with Crippen molar-refractivity contribution in [2.75, 3.05) is 26.2 Å². The van der Waals surface area contributed by atoms with Crippen molar-refractivity contribution in [1.82, 2.24) is 36.5 Å². The van der Waals surface area contributed by atoms with Gasteiger partial charge in [-0.15, -0.1) is 0 Å². The number of aromatic hydroxyl groups is 1. The molecule has 1 saturated heterocycles. The first-order valence-electron chi connectivity index (χ1n) is 22.0. The zero-order valence-corrected chi connectivity index (χ0v) is 38.5. The molecule has 0 spiro atoms. The quantitative estimate of drug-likeness (QED) is 0.0285. The predicted molar refractivity (Wildman–Crippen MR) is 247 cm³/mol. The number of nitrogens with one attached hydrogen (secondary N) is 6. The SMILES string of the molecule is CC(C)C[C@H](NC(=O)[C@@H](Cc1c[nH]c2ccccc12)NC(=O)[C@H](Cc1ccc(O)cc1)NC(=O)[C@@H](N)CO)C(=O)N[C@@H](CCCN=C(N)N)C(=O)N1CCC[C@H]1C(=O)NCC(N)=O.O=C(O)C(F)(F)F. The average Bonchev–Trinajstić information content (AvgIpc) is 3.96. The smallest absolute Gasteiger partial charge is 0.490 e. The number of carbonyl (C=O) groups is 8. The molecule has 1 aliphatic heterocycles. The molecule has 0 unspecified atom stereocenters. The lowest BCUT2D eigenvalue weighted by Gasteiger charge is -2.30. The lowest BCUT2D eigenvalue weighted by atomic mass is 9.99. The van der Waals surface area contributed by atoms with Gasteiger partial charge in [0, 0.05) is 43.0 Å². The highest BCUT2D eigenvalue weighted by atomic mass is 19.4. The fraction of sp³-hybridized carbons (Fsp3) is 0.477. The number of hydrogen-bond acceptors (Lipinski definition) is 12. The molecule has 0 aliphatic carbocycles. The zero-order chi connectivity index (χ0) is 52.3. The Morgan fingerprint density at radius 3 is 2.00 bits per heavy atom. The number of guanidine groups is 1. The number of fused-ring (bicyclic) bond motifs is 1. The topological polar surface area (TPSA) is 393 Å². The number of benzene rings is 2. The number of phenolic OH excluding ortho intramolecular Hbond substituents is 1. The summed E-state index contributed by atoms with van der Waals surface area (Å²) in [7, 11) is 0. The van der Waals surface area contributed by atoms with E-state index in [-0.39, 0.29) is 62.8 Å². The van der Waals surface area contributed by atoms with Crippen molar-refractivity contribution in [2.45, 2.75) is 101 Å². The summed E-state index contributed by atoms with van der Waals surface area (Å²) in [6, 6.07) is 5.96. The largest absolute Gasteiger partial charge is 0.508 e. The van der Waals surface area contributed by atoms with E-state index in [1.807, 2.05) is 38.1 Å². The zero-order valence-electron chi connectivity index (χ0n) is 38.5. The third kappa shape index (κ3) is 18.2. The van der Waals surface area contributed by atoms with E-state index in [1.165, 1.54) is 17.0 Å². The molecule has 1 aliphatic rings. The standard InChI is InChI=1S/C42H60N12O9.C2HF3O2/c1-23(2)17-31(37(59)50-30(9-5-15-47-42(45)46)41(63)54-16-6-10-34(54)40(62)49-21-35(44)57)52-39(61)33(19-25-20-48-29-8-4-3-7-27(25)29)53-38(60)32(51-36(58)28(43)22-55)18-24-11-13-26(56)14-12-24;3-2(4,5)1(6)7/h3-4,7-8,11-14,20,23,28,30-34,48,55-56H,5-6,9-10,15-19,21-22,43H2,1-2H3,(H2,44,57)(H,49,62)(H,50,59)(H,51,58)(H,52,61)(H,53,60)(H4,45,46,47);(H,6,7)/t28-,30-,31-,32-,33+,34-;/m0./s1. The van der Waals surface area contributed by atoms with Gasteiger partial charge in [0.15, 0.2) is 5.96 Å². The number of amides is 7. The number of aliphatic imine (C=N–C) groups is 1. The normalized spacial score (nSPS) is 15.5.